The molecule has 0 atom stereocenters. The van der Waals surface area contributed by atoms with Gasteiger partial charge in [0, 0.05) is 48.7 Å². The van der Waals surface area contributed by atoms with Crippen LogP contribution in [0.4, 0.5) is 17.1 Å². The molecule has 3 aliphatic rings. The fraction of sp³-hybridized carbons (Fsp3) is 0.191. The summed E-state index contributed by atoms with van der Waals surface area (Å²) in [5, 5.41) is 7.72. The maximum absolute atomic E-state index is 7.21. The fourth-order valence-electron chi connectivity index (χ4n) is 10.3. The minimum absolute atomic E-state index is 0.0815. The van der Waals surface area contributed by atoms with Crippen LogP contribution in [0.1, 0.15) is 57.2 Å². The van der Waals surface area contributed by atoms with Crippen LogP contribution in [0.2, 0.25) is 0 Å². The Kier molecular flexibility index (Phi) is 5.41. The number of aromatic nitrogens is 1. The van der Waals surface area contributed by atoms with Gasteiger partial charge in [-0.25, -0.2) is 0 Å². The van der Waals surface area contributed by atoms with Crippen molar-refractivity contribution in [2.24, 2.45) is 0 Å². The highest BCUT2D eigenvalue weighted by molar-refractivity contribution is 7.26. The van der Waals surface area contributed by atoms with Crippen LogP contribution in [0.25, 0.3) is 64.1 Å². The normalized spacial score (nSPS) is 16.6. The zero-order chi connectivity index (χ0) is 34.8. The first-order chi connectivity index (χ1) is 25.2. The van der Waals surface area contributed by atoms with Gasteiger partial charge in [0.25, 0.3) is 0 Å². The smallest absolute Gasteiger partial charge is 0.376 e. The summed E-state index contributed by atoms with van der Waals surface area (Å²) in [6.45, 7) is 11.9. The molecule has 0 N–H and O–H groups in total. The average molecular weight is 689 g/mol. The van der Waals surface area contributed by atoms with Crippen LogP contribution in [0, 0.1) is 6.92 Å². The monoisotopic (exact) mass is 688 g/mol. The molecule has 0 saturated carbocycles. The van der Waals surface area contributed by atoms with Crippen LogP contribution >= 0.6 is 11.3 Å². The predicted octanol–water partition coefficient (Wildman–Crippen LogP) is 12.0. The number of thiophene rings is 1. The summed E-state index contributed by atoms with van der Waals surface area (Å²) >= 11 is 1.91. The van der Waals surface area contributed by atoms with Gasteiger partial charge < -0.3 is 13.8 Å². The number of hydrogen-bond donors (Lipinski definition) is 0. The third-order valence-corrected chi connectivity index (χ3v) is 14.1. The standard InChI is InChI=1S/C47H37BN2OS/c1-26-23-33-34(47(4,5)22-21-46(33,2)3)25-35(26)49-36-24-27-13-6-7-14-28(27)39-31-17-12-18-32-40-30-16-9-11-20-38(30)52-45(40)50(42(31)32)48(41(36)39)44-43(49)29-15-8-10-19-37(29)51-44/h6-20,23-25H,21-22H2,1-5H3. The molecule has 5 heterocycles. The van der Waals surface area contributed by atoms with E-state index in [0.717, 1.165) is 16.6 Å². The van der Waals surface area contributed by atoms with E-state index in [0.29, 0.717) is 0 Å². The zero-order valence-electron chi connectivity index (χ0n) is 30.1. The minimum Gasteiger partial charge on any atom is -0.466 e. The molecule has 0 spiro atoms. The van der Waals surface area contributed by atoms with Crippen LogP contribution in [-0.2, 0) is 10.8 Å². The largest absolute Gasteiger partial charge is 0.466 e. The predicted molar refractivity (Wildman–Crippen MR) is 223 cm³/mol. The van der Waals surface area contributed by atoms with E-state index >= 15 is 0 Å². The molecule has 0 bridgehead atoms. The average Bonchev–Trinajstić information content (AvgIpc) is 3.82. The van der Waals surface area contributed by atoms with Gasteiger partial charge in [0.05, 0.1) is 10.5 Å². The van der Waals surface area contributed by atoms with Crippen molar-refractivity contribution in [2.45, 2.75) is 58.3 Å². The summed E-state index contributed by atoms with van der Waals surface area (Å²) in [5.41, 5.74) is 15.4. The van der Waals surface area contributed by atoms with E-state index in [-0.39, 0.29) is 17.7 Å². The van der Waals surface area contributed by atoms with Crippen LogP contribution in [0.5, 0.6) is 0 Å². The number of hydrogen-bond acceptors (Lipinski definition) is 3. The fourth-order valence-corrected chi connectivity index (χ4v) is 11.5. The van der Waals surface area contributed by atoms with E-state index < -0.39 is 0 Å². The Labute approximate surface area is 307 Å². The van der Waals surface area contributed by atoms with Crippen molar-refractivity contribution in [3.8, 4) is 11.1 Å². The molecule has 9 aromatic rings. The van der Waals surface area contributed by atoms with E-state index in [1.807, 2.05) is 11.3 Å². The zero-order valence-corrected chi connectivity index (χ0v) is 30.9. The molecule has 0 saturated heterocycles. The second-order valence-electron chi connectivity index (χ2n) is 16.8. The van der Waals surface area contributed by atoms with Gasteiger partial charge in [-0.2, -0.15) is 0 Å². The molecule has 5 heteroatoms. The maximum Gasteiger partial charge on any atom is 0.376 e. The topological polar surface area (TPSA) is 21.3 Å². The van der Waals surface area contributed by atoms with Gasteiger partial charge in [-0.05, 0) is 99.4 Å². The lowest BCUT2D eigenvalue weighted by Crippen LogP contribution is -2.56. The van der Waals surface area contributed by atoms with E-state index in [2.05, 4.69) is 153 Å². The first-order valence-corrected chi connectivity index (χ1v) is 19.5. The third kappa shape index (κ3) is 3.49. The summed E-state index contributed by atoms with van der Waals surface area (Å²) < 4.78 is 11.2. The number of anilines is 3. The van der Waals surface area contributed by atoms with Gasteiger partial charge >= 0.3 is 6.85 Å². The van der Waals surface area contributed by atoms with Crippen LogP contribution in [0.3, 0.4) is 0 Å². The first-order valence-electron chi connectivity index (χ1n) is 18.7. The Balaban J connectivity index is 1.28. The molecule has 52 heavy (non-hydrogen) atoms. The van der Waals surface area contributed by atoms with E-state index in [1.165, 1.54) is 105 Å². The quantitative estimate of drug-likeness (QED) is 0.160. The molecule has 0 fully saturated rings. The Morgan fingerprint density at radius 2 is 1.38 bits per heavy atom. The molecule has 250 valence electrons. The van der Waals surface area contributed by atoms with Crippen LogP contribution in [0.15, 0.2) is 114 Å². The molecule has 12 rings (SSSR count). The highest BCUT2D eigenvalue weighted by Gasteiger charge is 2.48. The summed E-state index contributed by atoms with van der Waals surface area (Å²) in [4.78, 5) is 3.90. The molecular weight excluding hydrogens is 651 g/mol. The third-order valence-electron chi connectivity index (χ3n) is 12.9. The Hall–Kier alpha value is -5.26. The lowest BCUT2D eigenvalue weighted by atomic mass is 9.47. The summed E-state index contributed by atoms with van der Waals surface area (Å²) in [5.74, 6) is 0. The van der Waals surface area contributed by atoms with Crippen LogP contribution in [-0.4, -0.2) is 11.3 Å². The van der Waals surface area contributed by atoms with Crippen molar-refractivity contribution in [1.82, 2.24) is 4.48 Å². The lowest BCUT2D eigenvalue weighted by Gasteiger charge is -2.44. The van der Waals surface area contributed by atoms with Crippen molar-refractivity contribution < 1.29 is 4.42 Å². The highest BCUT2D eigenvalue weighted by atomic mass is 32.1. The molecule has 0 radical (unpaired) electrons. The van der Waals surface area contributed by atoms with Crippen molar-refractivity contribution in [3.05, 3.63) is 126 Å². The van der Waals surface area contributed by atoms with Crippen molar-refractivity contribution in [3.63, 3.8) is 0 Å². The van der Waals surface area contributed by atoms with Crippen molar-refractivity contribution in [1.29, 1.82) is 0 Å². The van der Waals surface area contributed by atoms with Gasteiger partial charge in [-0.1, -0.05) is 107 Å². The molecule has 6 aromatic carbocycles. The molecule has 0 amide bonds. The van der Waals surface area contributed by atoms with Crippen LogP contribution < -0.4 is 16.0 Å². The number of furan rings is 1. The SMILES string of the molecule is Cc1cc2c(cc1N1c3cc4ccccc4c4c3B(c3oc5ccccc5c31)n1c3sc5ccccc5c3c3cccc-4c31)C(C)(C)CCC2(C)C. The number of para-hydroxylation sites is 2. The number of fused-ring (bicyclic) bond motifs is 14. The number of nitrogens with zero attached hydrogens (tertiary/aromatic N) is 2. The first kappa shape index (κ1) is 29.3. The Morgan fingerprint density at radius 1 is 0.692 bits per heavy atom. The van der Waals surface area contributed by atoms with E-state index in [9.17, 15) is 0 Å². The second kappa shape index (κ2) is 9.59. The second-order valence-corrected chi connectivity index (χ2v) is 17.8. The number of benzene rings is 6. The van der Waals surface area contributed by atoms with E-state index in [1.54, 1.807) is 0 Å². The number of rotatable bonds is 1. The van der Waals surface area contributed by atoms with Crippen molar-refractivity contribution >= 4 is 99.3 Å². The summed E-state index contributed by atoms with van der Waals surface area (Å²) in [7, 11) is 0. The van der Waals surface area contributed by atoms with Gasteiger partial charge in [-0.15, -0.1) is 11.3 Å². The van der Waals surface area contributed by atoms with Gasteiger partial charge in [-0.3, -0.25) is 0 Å². The highest BCUT2D eigenvalue weighted by Crippen LogP contribution is 2.54. The van der Waals surface area contributed by atoms with Gasteiger partial charge in [0.2, 0.25) is 0 Å². The Morgan fingerprint density at radius 3 is 2.21 bits per heavy atom. The molecule has 3 nitrogen and oxygen atoms in total. The number of aryl methyl sites for hydroxylation is 1. The van der Waals surface area contributed by atoms with Crippen molar-refractivity contribution in [2.75, 3.05) is 4.90 Å². The summed E-state index contributed by atoms with van der Waals surface area (Å²) in [6, 6.07) is 41.1. The molecule has 1 aliphatic carbocycles. The van der Waals surface area contributed by atoms with E-state index in [4.69, 9.17) is 4.42 Å². The maximum atomic E-state index is 7.21. The Bertz CT molecular complexity index is 3060. The minimum atomic E-state index is -0.121. The van der Waals surface area contributed by atoms with Gasteiger partial charge in [0.1, 0.15) is 11.2 Å². The summed E-state index contributed by atoms with van der Waals surface area (Å²) in [6.07, 6.45) is 2.37. The molecule has 2 aliphatic heterocycles. The molecular formula is C47H37BN2OS. The van der Waals surface area contributed by atoms with Gasteiger partial charge in [0.15, 0.2) is 0 Å². The molecule has 3 aromatic heterocycles. The lowest BCUT2D eigenvalue weighted by molar-refractivity contribution is 0.332. The molecule has 0 unspecified atom stereocenters.